The Kier molecular flexibility index (Phi) is 4.21. The highest BCUT2D eigenvalue weighted by Crippen LogP contribution is 2.05. The first-order chi connectivity index (χ1) is 6.65. The maximum Gasteiger partial charge on any atom is 0.327 e. The van der Waals surface area contributed by atoms with Crippen LogP contribution in [0.4, 0.5) is 0 Å². The van der Waals surface area contributed by atoms with Crippen molar-refractivity contribution >= 4 is 24.5 Å². The minimum Gasteiger partial charge on any atom is -0.480 e. The van der Waals surface area contributed by atoms with Crippen molar-refractivity contribution in [3.05, 3.63) is 0 Å². The van der Waals surface area contributed by atoms with Gasteiger partial charge in [0.15, 0.2) is 0 Å². The molecule has 6 heteroatoms. The molecule has 80 valence electrons. The number of thiol groups is 1. The quantitative estimate of drug-likeness (QED) is 0.468. The van der Waals surface area contributed by atoms with Crippen molar-refractivity contribution < 1.29 is 14.7 Å². The van der Waals surface area contributed by atoms with Crippen LogP contribution in [0.1, 0.15) is 12.8 Å². The van der Waals surface area contributed by atoms with Crippen molar-refractivity contribution in [2.24, 2.45) is 0 Å². The minimum atomic E-state index is -1.05. The second-order valence-electron chi connectivity index (χ2n) is 3.23. The highest BCUT2D eigenvalue weighted by atomic mass is 32.1. The van der Waals surface area contributed by atoms with E-state index < -0.39 is 12.0 Å². The van der Waals surface area contributed by atoms with Gasteiger partial charge in [-0.1, -0.05) is 0 Å². The molecule has 0 aromatic carbocycles. The molecule has 0 spiro atoms. The molecule has 5 nitrogen and oxygen atoms in total. The summed E-state index contributed by atoms with van der Waals surface area (Å²) in [5, 5.41) is 14.1. The maximum atomic E-state index is 11.4. The number of carbonyl (C=O) groups is 2. The van der Waals surface area contributed by atoms with Crippen LogP contribution in [0.25, 0.3) is 0 Å². The van der Waals surface area contributed by atoms with E-state index in [9.17, 15) is 9.59 Å². The molecule has 1 fully saturated rings. The molecular weight excluding hydrogens is 204 g/mol. The molecular formula is C8H14N2O3S. The fourth-order valence-corrected chi connectivity index (χ4v) is 1.61. The van der Waals surface area contributed by atoms with E-state index in [1.54, 1.807) is 0 Å². The van der Waals surface area contributed by atoms with Gasteiger partial charge in [0.05, 0.1) is 6.04 Å². The van der Waals surface area contributed by atoms with Gasteiger partial charge in [-0.3, -0.25) is 4.79 Å². The van der Waals surface area contributed by atoms with Crippen LogP contribution in [0.5, 0.6) is 0 Å². The van der Waals surface area contributed by atoms with Gasteiger partial charge in [0, 0.05) is 5.75 Å². The molecule has 1 unspecified atom stereocenters. The molecule has 1 amide bonds. The van der Waals surface area contributed by atoms with Crippen LogP contribution >= 0.6 is 12.6 Å². The number of carboxylic acid groups (broad SMARTS) is 1. The topological polar surface area (TPSA) is 78.4 Å². The van der Waals surface area contributed by atoms with E-state index >= 15 is 0 Å². The van der Waals surface area contributed by atoms with E-state index in [0.717, 1.165) is 19.4 Å². The van der Waals surface area contributed by atoms with E-state index in [4.69, 9.17) is 5.11 Å². The Hall–Kier alpha value is -0.750. The van der Waals surface area contributed by atoms with Gasteiger partial charge in [-0.25, -0.2) is 4.79 Å². The summed E-state index contributed by atoms with van der Waals surface area (Å²) in [6.45, 7) is 0.816. The second kappa shape index (κ2) is 5.21. The van der Waals surface area contributed by atoms with Gasteiger partial charge in [-0.15, -0.1) is 0 Å². The molecule has 14 heavy (non-hydrogen) atoms. The SMILES string of the molecule is O=C(N[C@@H](CS)C(=O)O)C1CCCN1. The first kappa shape index (κ1) is 11.3. The zero-order valence-electron chi connectivity index (χ0n) is 7.69. The molecule has 0 radical (unpaired) electrons. The van der Waals surface area contributed by atoms with Gasteiger partial charge in [0.25, 0.3) is 0 Å². The third-order valence-corrected chi connectivity index (χ3v) is 2.54. The van der Waals surface area contributed by atoms with Gasteiger partial charge >= 0.3 is 5.97 Å². The molecule has 1 saturated heterocycles. The summed E-state index contributed by atoms with van der Waals surface area (Å²) in [6.07, 6.45) is 1.72. The van der Waals surface area contributed by atoms with Crippen molar-refractivity contribution in [2.45, 2.75) is 24.9 Å². The van der Waals surface area contributed by atoms with Gasteiger partial charge in [0.2, 0.25) is 5.91 Å². The summed E-state index contributed by atoms with van der Waals surface area (Å²) in [7, 11) is 0. The van der Waals surface area contributed by atoms with E-state index in [0.29, 0.717) is 0 Å². The highest BCUT2D eigenvalue weighted by Gasteiger charge is 2.26. The number of nitrogens with one attached hydrogen (secondary N) is 2. The lowest BCUT2D eigenvalue weighted by atomic mass is 10.2. The average molecular weight is 218 g/mol. The number of carbonyl (C=O) groups excluding carboxylic acids is 1. The van der Waals surface area contributed by atoms with Crippen molar-refractivity contribution in [2.75, 3.05) is 12.3 Å². The number of hydrogen-bond acceptors (Lipinski definition) is 4. The van der Waals surface area contributed by atoms with Gasteiger partial charge < -0.3 is 15.7 Å². The third-order valence-electron chi connectivity index (χ3n) is 2.17. The molecule has 1 aliphatic heterocycles. The minimum absolute atomic E-state index is 0.105. The maximum absolute atomic E-state index is 11.4. The zero-order valence-corrected chi connectivity index (χ0v) is 8.59. The Balaban J connectivity index is 2.41. The Labute approximate surface area is 87.7 Å². The molecule has 3 N–H and O–H groups in total. The summed E-state index contributed by atoms with van der Waals surface area (Å²) >= 11 is 3.86. The van der Waals surface area contributed by atoms with Crippen LogP contribution in [0.2, 0.25) is 0 Å². The lowest BCUT2D eigenvalue weighted by Crippen LogP contribution is -2.49. The van der Waals surface area contributed by atoms with Crippen LogP contribution in [0.15, 0.2) is 0 Å². The number of aliphatic carboxylic acids is 1. The van der Waals surface area contributed by atoms with Gasteiger partial charge in [0.1, 0.15) is 6.04 Å². The largest absolute Gasteiger partial charge is 0.480 e. The number of carboxylic acids is 1. The van der Waals surface area contributed by atoms with E-state index in [1.165, 1.54) is 0 Å². The monoisotopic (exact) mass is 218 g/mol. The first-order valence-electron chi connectivity index (χ1n) is 4.52. The predicted molar refractivity (Wildman–Crippen MR) is 54.4 cm³/mol. The number of hydrogen-bond donors (Lipinski definition) is 4. The standard InChI is InChI=1S/C8H14N2O3S/c11-7(5-2-1-3-9-5)10-6(4-14)8(12)13/h5-6,9,14H,1-4H2,(H,10,11)(H,12,13)/t5?,6-/m0/s1. The summed E-state index contributed by atoms with van der Waals surface area (Å²) in [4.78, 5) is 22.0. The molecule has 0 saturated carbocycles. The Morgan fingerprint density at radius 2 is 2.36 bits per heavy atom. The van der Waals surface area contributed by atoms with Gasteiger partial charge in [-0.05, 0) is 19.4 Å². The second-order valence-corrected chi connectivity index (χ2v) is 3.60. The summed E-state index contributed by atoms with van der Waals surface area (Å²) in [5.74, 6) is -1.19. The fourth-order valence-electron chi connectivity index (χ4n) is 1.37. The Morgan fingerprint density at radius 1 is 1.64 bits per heavy atom. The molecule has 0 aromatic rings. The predicted octanol–water partition coefficient (Wildman–Crippen LogP) is -0.762. The lowest BCUT2D eigenvalue weighted by Gasteiger charge is -2.15. The first-order valence-corrected chi connectivity index (χ1v) is 5.16. The van der Waals surface area contributed by atoms with Crippen LogP contribution in [-0.2, 0) is 9.59 Å². The molecule has 0 aromatic heterocycles. The molecule has 2 atom stereocenters. The molecule has 1 aliphatic rings. The lowest BCUT2D eigenvalue weighted by molar-refractivity contribution is -0.141. The third kappa shape index (κ3) is 2.88. The van der Waals surface area contributed by atoms with Crippen molar-refractivity contribution in [3.8, 4) is 0 Å². The normalized spacial score (nSPS) is 23.1. The molecule has 0 aliphatic carbocycles. The molecule has 0 bridgehead atoms. The average Bonchev–Trinajstić information content (AvgIpc) is 2.65. The van der Waals surface area contributed by atoms with Crippen LogP contribution in [0.3, 0.4) is 0 Å². The smallest absolute Gasteiger partial charge is 0.327 e. The van der Waals surface area contributed by atoms with Gasteiger partial charge in [-0.2, -0.15) is 12.6 Å². The fraction of sp³-hybridized carbons (Fsp3) is 0.750. The van der Waals surface area contributed by atoms with Crippen LogP contribution in [-0.4, -0.2) is 41.4 Å². The number of amides is 1. The summed E-state index contributed by atoms with van der Waals surface area (Å²) in [5.41, 5.74) is 0. The van der Waals surface area contributed by atoms with E-state index in [-0.39, 0.29) is 17.7 Å². The van der Waals surface area contributed by atoms with Crippen LogP contribution < -0.4 is 10.6 Å². The van der Waals surface area contributed by atoms with Crippen molar-refractivity contribution in [1.82, 2.24) is 10.6 Å². The highest BCUT2D eigenvalue weighted by molar-refractivity contribution is 7.80. The summed E-state index contributed by atoms with van der Waals surface area (Å²) < 4.78 is 0. The van der Waals surface area contributed by atoms with Crippen molar-refractivity contribution in [1.29, 1.82) is 0 Å². The van der Waals surface area contributed by atoms with E-state index in [2.05, 4.69) is 23.3 Å². The number of rotatable bonds is 4. The Morgan fingerprint density at radius 3 is 2.79 bits per heavy atom. The Bertz CT molecular complexity index is 229. The van der Waals surface area contributed by atoms with Crippen molar-refractivity contribution in [3.63, 3.8) is 0 Å². The van der Waals surface area contributed by atoms with Crippen LogP contribution in [0, 0.1) is 0 Å². The van der Waals surface area contributed by atoms with E-state index in [1.807, 2.05) is 0 Å². The summed E-state index contributed by atoms with van der Waals surface area (Å²) in [6, 6.07) is -1.13. The molecule has 1 rings (SSSR count). The zero-order chi connectivity index (χ0) is 10.6. The molecule has 1 heterocycles.